The van der Waals surface area contributed by atoms with Crippen LogP contribution in [0.2, 0.25) is 0 Å². The van der Waals surface area contributed by atoms with Crippen molar-refractivity contribution in [3.8, 4) is 0 Å². The summed E-state index contributed by atoms with van der Waals surface area (Å²) in [5.41, 5.74) is 0.0218. The van der Waals surface area contributed by atoms with Crippen molar-refractivity contribution in [2.45, 2.75) is 51.9 Å². The molecule has 1 aliphatic rings. The van der Waals surface area contributed by atoms with E-state index in [-0.39, 0.29) is 12.0 Å². The number of aromatic nitrogens is 2. The lowest BCUT2D eigenvalue weighted by Crippen LogP contribution is -2.35. The Labute approximate surface area is 127 Å². The lowest BCUT2D eigenvalue weighted by Gasteiger charge is -2.35. The summed E-state index contributed by atoms with van der Waals surface area (Å²) < 4.78 is 0. The number of hydrogen-bond donors (Lipinski definition) is 3. The molecule has 0 aromatic carbocycles. The predicted octanol–water partition coefficient (Wildman–Crippen LogP) is 2.83. The molecule has 0 bridgehead atoms. The van der Waals surface area contributed by atoms with Gasteiger partial charge >= 0.3 is 0 Å². The molecule has 3 N–H and O–H groups in total. The second-order valence-electron chi connectivity index (χ2n) is 6.13. The summed E-state index contributed by atoms with van der Waals surface area (Å²) in [4.78, 5) is 9.04. The molecule has 21 heavy (non-hydrogen) atoms. The van der Waals surface area contributed by atoms with Crippen LogP contribution in [-0.4, -0.2) is 35.3 Å². The smallest absolute Gasteiger partial charge is 0.133 e. The highest BCUT2D eigenvalue weighted by atomic mass is 16.3. The summed E-state index contributed by atoms with van der Waals surface area (Å²) in [5.74, 6) is 2.57. The van der Waals surface area contributed by atoms with Gasteiger partial charge in [-0.15, -0.1) is 0 Å². The molecule has 0 radical (unpaired) electrons. The van der Waals surface area contributed by atoms with E-state index in [4.69, 9.17) is 0 Å². The second-order valence-corrected chi connectivity index (χ2v) is 6.13. The number of aliphatic hydroxyl groups is 1. The number of hydrogen-bond acceptors (Lipinski definition) is 5. The standard InChI is InChI=1S/C16H28N4O/c1-3-7-13-19-14(17-2)10-15(20-13)18-11-16(12-21)8-5-4-6-9-16/h10,21H,3-9,11-12H2,1-2H3,(H2,17,18,19,20). The molecule has 1 heterocycles. The van der Waals surface area contributed by atoms with E-state index in [0.717, 1.165) is 49.7 Å². The molecule has 5 heteroatoms. The lowest BCUT2D eigenvalue weighted by atomic mass is 9.74. The Kier molecular flexibility index (Phi) is 5.79. The van der Waals surface area contributed by atoms with E-state index in [1.807, 2.05) is 13.1 Å². The summed E-state index contributed by atoms with van der Waals surface area (Å²) in [6, 6.07) is 1.94. The van der Waals surface area contributed by atoms with E-state index in [1.165, 1.54) is 19.3 Å². The van der Waals surface area contributed by atoms with Crippen LogP contribution in [0.3, 0.4) is 0 Å². The first-order valence-corrected chi connectivity index (χ1v) is 8.12. The van der Waals surface area contributed by atoms with E-state index in [9.17, 15) is 5.11 Å². The number of aliphatic hydroxyl groups excluding tert-OH is 1. The molecule has 0 spiro atoms. The first-order valence-electron chi connectivity index (χ1n) is 8.12. The van der Waals surface area contributed by atoms with Crippen LogP contribution >= 0.6 is 0 Å². The summed E-state index contributed by atoms with van der Waals surface area (Å²) >= 11 is 0. The molecule has 2 rings (SSSR count). The molecule has 0 atom stereocenters. The summed E-state index contributed by atoms with van der Waals surface area (Å²) in [6.07, 6.45) is 7.84. The number of nitrogens with zero attached hydrogens (tertiary/aromatic N) is 2. The third kappa shape index (κ3) is 4.30. The molecule has 1 aromatic rings. The van der Waals surface area contributed by atoms with Gasteiger partial charge in [0.05, 0.1) is 6.61 Å². The van der Waals surface area contributed by atoms with Gasteiger partial charge in [0, 0.05) is 31.5 Å². The summed E-state index contributed by atoms with van der Waals surface area (Å²) in [7, 11) is 1.87. The third-order valence-electron chi connectivity index (χ3n) is 4.40. The van der Waals surface area contributed by atoms with Gasteiger partial charge in [0.2, 0.25) is 0 Å². The van der Waals surface area contributed by atoms with Gasteiger partial charge in [-0.25, -0.2) is 9.97 Å². The fourth-order valence-electron chi connectivity index (χ4n) is 3.02. The van der Waals surface area contributed by atoms with Crippen LogP contribution in [-0.2, 0) is 6.42 Å². The monoisotopic (exact) mass is 292 g/mol. The largest absolute Gasteiger partial charge is 0.396 e. The quantitative estimate of drug-likeness (QED) is 0.721. The van der Waals surface area contributed by atoms with Crippen molar-refractivity contribution in [1.82, 2.24) is 9.97 Å². The Balaban J connectivity index is 2.05. The highest BCUT2D eigenvalue weighted by Crippen LogP contribution is 2.35. The number of rotatable bonds is 7. The maximum atomic E-state index is 9.77. The second kappa shape index (κ2) is 7.59. The van der Waals surface area contributed by atoms with Crippen LogP contribution in [0.15, 0.2) is 6.07 Å². The Morgan fingerprint density at radius 2 is 1.90 bits per heavy atom. The number of aryl methyl sites for hydroxylation is 1. The highest BCUT2D eigenvalue weighted by Gasteiger charge is 2.31. The molecule has 1 aromatic heterocycles. The van der Waals surface area contributed by atoms with E-state index in [1.54, 1.807) is 0 Å². The fraction of sp³-hybridized carbons (Fsp3) is 0.750. The number of nitrogens with one attached hydrogen (secondary N) is 2. The van der Waals surface area contributed by atoms with Crippen molar-refractivity contribution in [3.63, 3.8) is 0 Å². The van der Waals surface area contributed by atoms with Crippen LogP contribution in [0.5, 0.6) is 0 Å². The first kappa shape index (κ1) is 16.0. The molecule has 0 unspecified atom stereocenters. The Hall–Kier alpha value is -1.36. The van der Waals surface area contributed by atoms with Crippen LogP contribution in [0.25, 0.3) is 0 Å². The van der Waals surface area contributed by atoms with Crippen LogP contribution in [0, 0.1) is 5.41 Å². The zero-order valence-corrected chi connectivity index (χ0v) is 13.3. The van der Waals surface area contributed by atoms with Crippen LogP contribution < -0.4 is 10.6 Å². The Morgan fingerprint density at radius 3 is 2.52 bits per heavy atom. The molecule has 0 amide bonds. The topological polar surface area (TPSA) is 70.1 Å². The molecular formula is C16H28N4O. The molecule has 0 aliphatic heterocycles. The van der Waals surface area contributed by atoms with Gasteiger partial charge in [-0.1, -0.05) is 26.2 Å². The maximum absolute atomic E-state index is 9.77. The van der Waals surface area contributed by atoms with Crippen molar-refractivity contribution < 1.29 is 5.11 Å². The lowest BCUT2D eigenvalue weighted by molar-refractivity contribution is 0.0943. The van der Waals surface area contributed by atoms with E-state index < -0.39 is 0 Å². The van der Waals surface area contributed by atoms with Crippen molar-refractivity contribution in [3.05, 3.63) is 11.9 Å². The normalized spacial score (nSPS) is 17.5. The zero-order chi connectivity index (χ0) is 15.1. The minimum Gasteiger partial charge on any atom is -0.396 e. The average Bonchev–Trinajstić information content (AvgIpc) is 2.54. The first-order chi connectivity index (χ1) is 10.2. The molecule has 118 valence electrons. The van der Waals surface area contributed by atoms with Gasteiger partial charge in [-0.05, 0) is 19.3 Å². The fourth-order valence-corrected chi connectivity index (χ4v) is 3.02. The molecule has 1 fully saturated rings. The molecule has 0 saturated heterocycles. The van der Waals surface area contributed by atoms with E-state index in [2.05, 4.69) is 27.5 Å². The van der Waals surface area contributed by atoms with E-state index in [0.29, 0.717) is 0 Å². The molecule has 5 nitrogen and oxygen atoms in total. The van der Waals surface area contributed by atoms with Crippen LogP contribution in [0.4, 0.5) is 11.6 Å². The van der Waals surface area contributed by atoms with E-state index >= 15 is 0 Å². The molecular weight excluding hydrogens is 264 g/mol. The van der Waals surface area contributed by atoms with Gasteiger partial charge in [-0.2, -0.15) is 0 Å². The predicted molar refractivity (Wildman–Crippen MR) is 86.7 cm³/mol. The average molecular weight is 292 g/mol. The zero-order valence-electron chi connectivity index (χ0n) is 13.3. The van der Waals surface area contributed by atoms with Gasteiger partial charge in [0.15, 0.2) is 0 Å². The van der Waals surface area contributed by atoms with Gasteiger partial charge in [0.1, 0.15) is 17.5 Å². The Morgan fingerprint density at radius 1 is 1.19 bits per heavy atom. The van der Waals surface area contributed by atoms with Crippen LogP contribution in [0.1, 0.15) is 51.3 Å². The third-order valence-corrected chi connectivity index (χ3v) is 4.40. The highest BCUT2D eigenvalue weighted by molar-refractivity contribution is 5.47. The molecule has 1 saturated carbocycles. The van der Waals surface area contributed by atoms with Crippen molar-refractivity contribution in [1.29, 1.82) is 0 Å². The van der Waals surface area contributed by atoms with Crippen molar-refractivity contribution >= 4 is 11.6 Å². The summed E-state index contributed by atoms with van der Waals surface area (Å²) in [5, 5.41) is 16.3. The maximum Gasteiger partial charge on any atom is 0.133 e. The molecule has 1 aliphatic carbocycles. The van der Waals surface area contributed by atoms with Gasteiger partial charge < -0.3 is 15.7 Å². The minimum absolute atomic E-state index is 0.0218. The SMILES string of the molecule is CCCc1nc(NC)cc(NCC2(CO)CCCCC2)n1. The van der Waals surface area contributed by atoms with Crippen molar-refractivity contribution in [2.75, 3.05) is 30.8 Å². The minimum atomic E-state index is 0.0218. The van der Waals surface area contributed by atoms with Gasteiger partial charge in [-0.3, -0.25) is 0 Å². The Bertz CT molecular complexity index is 444. The van der Waals surface area contributed by atoms with Gasteiger partial charge in [0.25, 0.3) is 0 Å². The number of anilines is 2. The summed E-state index contributed by atoms with van der Waals surface area (Å²) in [6.45, 7) is 3.17. The van der Waals surface area contributed by atoms with Crippen molar-refractivity contribution in [2.24, 2.45) is 5.41 Å².